The minimum Gasteiger partial charge on any atom is -0.264 e. The molecule has 1 N–H and O–H groups in total. The average molecular weight is 165 g/mol. The molecule has 0 aliphatic carbocycles. The number of nitrogens with zero attached hydrogens (tertiary/aromatic N) is 2. The molecule has 0 aromatic carbocycles. The van der Waals surface area contributed by atoms with E-state index in [1.54, 1.807) is 0 Å². The Bertz CT molecular complexity index is 247. The third kappa shape index (κ3) is 2.29. The highest BCUT2D eigenvalue weighted by Gasteiger charge is 1.99. The Balaban J connectivity index is 2.69. The molecule has 0 aliphatic heterocycles. The van der Waals surface area contributed by atoms with E-state index in [1.807, 2.05) is 37.6 Å². The fourth-order valence-corrected chi connectivity index (χ4v) is 1.01. The van der Waals surface area contributed by atoms with E-state index in [9.17, 15) is 0 Å². The van der Waals surface area contributed by atoms with Crippen LogP contribution in [0.25, 0.3) is 0 Å². The Morgan fingerprint density at radius 1 is 1.58 bits per heavy atom. The van der Waals surface area contributed by atoms with Gasteiger partial charge in [-0.25, -0.2) is 5.01 Å². The van der Waals surface area contributed by atoms with Crippen molar-refractivity contribution in [1.29, 1.82) is 0 Å². The highest BCUT2D eigenvalue weighted by molar-refractivity contribution is 5.20. The van der Waals surface area contributed by atoms with E-state index in [-0.39, 0.29) is 0 Å². The second-order valence-corrected chi connectivity index (χ2v) is 2.88. The summed E-state index contributed by atoms with van der Waals surface area (Å²) in [7, 11) is 3.93. The van der Waals surface area contributed by atoms with Crippen LogP contribution in [0, 0.1) is 6.92 Å². The number of pyridine rings is 1. The van der Waals surface area contributed by atoms with Crippen molar-refractivity contribution in [2.24, 2.45) is 0 Å². The van der Waals surface area contributed by atoms with Gasteiger partial charge in [0.1, 0.15) is 0 Å². The Kier molecular flexibility index (Phi) is 3.19. The van der Waals surface area contributed by atoms with Crippen LogP contribution in [-0.2, 0) is 6.54 Å². The van der Waals surface area contributed by atoms with E-state index in [4.69, 9.17) is 0 Å². The average Bonchev–Trinajstić information content (AvgIpc) is 2.09. The summed E-state index contributed by atoms with van der Waals surface area (Å²) < 4.78 is 0. The molecule has 0 atom stereocenters. The molecule has 0 fully saturated rings. The zero-order valence-electron chi connectivity index (χ0n) is 7.83. The van der Waals surface area contributed by atoms with Crippen LogP contribution < -0.4 is 5.43 Å². The van der Waals surface area contributed by atoms with Crippen LogP contribution in [0.2, 0.25) is 0 Å². The molecule has 66 valence electrons. The molecule has 3 nitrogen and oxygen atoms in total. The first kappa shape index (κ1) is 9.16. The summed E-state index contributed by atoms with van der Waals surface area (Å²) in [6.45, 7) is 2.98. The lowest BCUT2D eigenvalue weighted by atomic mass is 10.1. The maximum Gasteiger partial charge on any atom is 0.0382 e. The SMILES string of the molecule is CNN(C)Cc1ccncc1C. The molecule has 0 aliphatic rings. The Morgan fingerprint density at radius 2 is 2.33 bits per heavy atom. The van der Waals surface area contributed by atoms with Gasteiger partial charge in [-0.15, -0.1) is 0 Å². The first-order valence-corrected chi connectivity index (χ1v) is 4.02. The maximum absolute atomic E-state index is 4.04. The third-order valence-electron chi connectivity index (χ3n) is 1.93. The molecule has 0 saturated carbocycles. The van der Waals surface area contributed by atoms with E-state index >= 15 is 0 Å². The quantitative estimate of drug-likeness (QED) is 0.676. The van der Waals surface area contributed by atoms with Gasteiger partial charge >= 0.3 is 0 Å². The monoisotopic (exact) mass is 165 g/mol. The van der Waals surface area contributed by atoms with Crippen molar-refractivity contribution in [3.63, 3.8) is 0 Å². The number of hydrogen-bond acceptors (Lipinski definition) is 3. The van der Waals surface area contributed by atoms with Gasteiger partial charge < -0.3 is 0 Å². The van der Waals surface area contributed by atoms with Gasteiger partial charge in [0.2, 0.25) is 0 Å². The van der Waals surface area contributed by atoms with E-state index in [0.29, 0.717) is 0 Å². The molecule has 1 heterocycles. The van der Waals surface area contributed by atoms with Gasteiger partial charge in [0.05, 0.1) is 0 Å². The summed E-state index contributed by atoms with van der Waals surface area (Å²) >= 11 is 0. The number of hydrogen-bond donors (Lipinski definition) is 1. The molecule has 0 spiro atoms. The lowest BCUT2D eigenvalue weighted by molar-refractivity contribution is 0.251. The molecule has 1 aromatic rings. The van der Waals surface area contributed by atoms with Gasteiger partial charge in [0.25, 0.3) is 0 Å². The van der Waals surface area contributed by atoms with Crippen LogP contribution in [0.4, 0.5) is 0 Å². The summed E-state index contributed by atoms with van der Waals surface area (Å²) in [5.74, 6) is 0. The van der Waals surface area contributed by atoms with Crippen LogP contribution in [0.5, 0.6) is 0 Å². The second-order valence-electron chi connectivity index (χ2n) is 2.88. The smallest absolute Gasteiger partial charge is 0.0382 e. The molecule has 3 heteroatoms. The highest BCUT2D eigenvalue weighted by Crippen LogP contribution is 2.05. The molecular weight excluding hydrogens is 150 g/mol. The van der Waals surface area contributed by atoms with E-state index in [1.165, 1.54) is 11.1 Å². The zero-order chi connectivity index (χ0) is 8.97. The molecule has 0 bridgehead atoms. The zero-order valence-corrected chi connectivity index (χ0v) is 7.83. The Morgan fingerprint density at radius 3 is 2.92 bits per heavy atom. The largest absolute Gasteiger partial charge is 0.264 e. The first-order chi connectivity index (χ1) is 5.74. The van der Waals surface area contributed by atoms with Crippen LogP contribution in [0.1, 0.15) is 11.1 Å². The van der Waals surface area contributed by atoms with Crippen LogP contribution in [-0.4, -0.2) is 24.1 Å². The van der Waals surface area contributed by atoms with Crippen LogP contribution in [0.15, 0.2) is 18.5 Å². The van der Waals surface area contributed by atoms with Crippen molar-refractivity contribution < 1.29 is 0 Å². The topological polar surface area (TPSA) is 28.2 Å². The highest BCUT2D eigenvalue weighted by atomic mass is 15.5. The van der Waals surface area contributed by atoms with Crippen LogP contribution in [0.3, 0.4) is 0 Å². The number of rotatable bonds is 3. The van der Waals surface area contributed by atoms with Crippen molar-refractivity contribution in [2.75, 3.05) is 14.1 Å². The predicted molar refractivity (Wildman–Crippen MR) is 49.5 cm³/mol. The number of aromatic nitrogens is 1. The second kappa shape index (κ2) is 4.18. The lowest BCUT2D eigenvalue weighted by Gasteiger charge is -2.15. The van der Waals surface area contributed by atoms with E-state index in [2.05, 4.69) is 17.3 Å². The van der Waals surface area contributed by atoms with Crippen molar-refractivity contribution in [1.82, 2.24) is 15.4 Å². The van der Waals surface area contributed by atoms with Gasteiger partial charge in [-0.1, -0.05) is 0 Å². The summed E-state index contributed by atoms with van der Waals surface area (Å²) in [6, 6.07) is 2.04. The molecule has 0 radical (unpaired) electrons. The molecule has 0 saturated heterocycles. The fraction of sp³-hybridized carbons (Fsp3) is 0.444. The Labute approximate surface area is 73.4 Å². The Hall–Kier alpha value is -0.930. The van der Waals surface area contributed by atoms with E-state index < -0.39 is 0 Å². The molecule has 0 amide bonds. The summed E-state index contributed by atoms with van der Waals surface area (Å²) in [5, 5.41) is 2.03. The number of nitrogens with one attached hydrogen (secondary N) is 1. The standard InChI is InChI=1S/C9H15N3/c1-8-6-11-5-4-9(8)7-12(3)10-2/h4-6,10H,7H2,1-3H3. The molecule has 12 heavy (non-hydrogen) atoms. The maximum atomic E-state index is 4.04. The normalized spacial score (nSPS) is 10.7. The minimum absolute atomic E-state index is 0.908. The number of aryl methyl sites for hydroxylation is 1. The van der Waals surface area contributed by atoms with Gasteiger partial charge in [-0.2, -0.15) is 0 Å². The van der Waals surface area contributed by atoms with Crippen LogP contribution >= 0.6 is 0 Å². The van der Waals surface area contributed by atoms with E-state index in [0.717, 1.165) is 6.54 Å². The molecule has 1 aromatic heterocycles. The van der Waals surface area contributed by atoms with Gasteiger partial charge in [0.15, 0.2) is 0 Å². The molecule has 1 rings (SSSR count). The number of hydrazine groups is 1. The molecular formula is C9H15N3. The summed E-state index contributed by atoms with van der Waals surface area (Å²) in [5.41, 5.74) is 5.60. The first-order valence-electron chi connectivity index (χ1n) is 4.02. The minimum atomic E-state index is 0.908. The predicted octanol–water partition coefficient (Wildman–Crippen LogP) is 0.956. The molecule has 0 unspecified atom stereocenters. The summed E-state index contributed by atoms with van der Waals surface area (Å²) in [4.78, 5) is 4.04. The van der Waals surface area contributed by atoms with Gasteiger partial charge in [0, 0.05) is 26.0 Å². The van der Waals surface area contributed by atoms with Crippen molar-refractivity contribution in [3.8, 4) is 0 Å². The van der Waals surface area contributed by atoms with Crippen molar-refractivity contribution in [3.05, 3.63) is 29.6 Å². The van der Waals surface area contributed by atoms with Crippen molar-refractivity contribution in [2.45, 2.75) is 13.5 Å². The van der Waals surface area contributed by atoms with Crippen molar-refractivity contribution >= 4 is 0 Å². The fourth-order valence-electron chi connectivity index (χ4n) is 1.01. The van der Waals surface area contributed by atoms with Gasteiger partial charge in [-0.3, -0.25) is 10.4 Å². The summed E-state index contributed by atoms with van der Waals surface area (Å²) in [6.07, 6.45) is 3.71. The third-order valence-corrected chi connectivity index (χ3v) is 1.93. The van der Waals surface area contributed by atoms with Gasteiger partial charge in [-0.05, 0) is 31.2 Å². The lowest BCUT2D eigenvalue weighted by Crippen LogP contribution is -2.30.